The van der Waals surface area contributed by atoms with Crippen molar-refractivity contribution >= 4 is 54.8 Å². The smallest absolute Gasteiger partial charge is 0.107 e. The molecule has 0 bridgehead atoms. The van der Waals surface area contributed by atoms with Crippen molar-refractivity contribution in [2.24, 2.45) is 0 Å². The number of alkyl halides is 1. The highest BCUT2D eigenvalue weighted by atomic mass is 79.9. The molecule has 0 radical (unpaired) electrons. The van der Waals surface area contributed by atoms with Gasteiger partial charge in [0.05, 0.1) is 4.83 Å². The first kappa shape index (κ1) is 14.1. The molecule has 0 N–H and O–H groups in total. The van der Waals surface area contributed by atoms with Gasteiger partial charge in [0.1, 0.15) is 4.34 Å². The number of halogens is 3. The molecule has 3 rings (SSSR count). The first-order chi connectivity index (χ1) is 9.16. The lowest BCUT2D eigenvalue weighted by Crippen LogP contribution is -2.13. The predicted molar refractivity (Wildman–Crippen MR) is 90.8 cm³/mol. The van der Waals surface area contributed by atoms with Crippen molar-refractivity contribution in [3.05, 3.63) is 55.1 Å². The molecule has 0 fully saturated rings. The first-order valence-electron chi connectivity index (χ1n) is 6.33. The topological polar surface area (TPSA) is 0 Å². The van der Waals surface area contributed by atoms with Crippen LogP contribution in [-0.4, -0.2) is 0 Å². The first-order valence-corrected chi connectivity index (χ1v) is 9.23. The van der Waals surface area contributed by atoms with Crippen LogP contribution in [0.1, 0.15) is 39.6 Å². The van der Waals surface area contributed by atoms with Crippen LogP contribution >= 0.6 is 54.8 Å². The highest BCUT2D eigenvalue weighted by Gasteiger charge is 2.28. The van der Waals surface area contributed by atoms with E-state index in [1.807, 2.05) is 0 Å². The molecule has 100 valence electrons. The maximum absolute atomic E-state index is 6.16. The standard InChI is InChI=1S/C15H13Br2ClS/c16-12-8-13(19-15(12)18)14(17)11-7-3-5-9-4-1-2-6-10(9)11/h1-2,4,6,8,11,14H,3,5,7H2. The molecule has 0 saturated heterocycles. The summed E-state index contributed by atoms with van der Waals surface area (Å²) in [6.07, 6.45) is 3.71. The molecule has 1 aliphatic carbocycles. The highest BCUT2D eigenvalue weighted by Crippen LogP contribution is 2.48. The Morgan fingerprint density at radius 2 is 2.11 bits per heavy atom. The Bertz CT molecular complexity index is 574. The van der Waals surface area contributed by atoms with E-state index in [0.29, 0.717) is 10.7 Å². The second-order valence-electron chi connectivity index (χ2n) is 4.87. The van der Waals surface area contributed by atoms with Crippen LogP contribution in [0, 0.1) is 0 Å². The minimum Gasteiger partial charge on any atom is -0.126 e. The van der Waals surface area contributed by atoms with Crippen molar-refractivity contribution < 1.29 is 0 Å². The maximum Gasteiger partial charge on any atom is 0.107 e. The van der Waals surface area contributed by atoms with E-state index in [1.54, 1.807) is 11.3 Å². The number of benzene rings is 1. The Kier molecular flexibility index (Phi) is 4.37. The van der Waals surface area contributed by atoms with E-state index in [0.717, 1.165) is 8.81 Å². The second kappa shape index (κ2) is 5.88. The van der Waals surface area contributed by atoms with Gasteiger partial charge in [0.2, 0.25) is 0 Å². The van der Waals surface area contributed by atoms with Crippen molar-refractivity contribution in [1.82, 2.24) is 0 Å². The molecule has 2 unspecified atom stereocenters. The lowest BCUT2D eigenvalue weighted by molar-refractivity contribution is 0.550. The summed E-state index contributed by atoms with van der Waals surface area (Å²) in [5.74, 6) is 0.548. The largest absolute Gasteiger partial charge is 0.126 e. The minimum absolute atomic E-state index is 0.350. The summed E-state index contributed by atoms with van der Waals surface area (Å²) in [5, 5.41) is 0. The van der Waals surface area contributed by atoms with Gasteiger partial charge >= 0.3 is 0 Å². The summed E-state index contributed by atoms with van der Waals surface area (Å²) in [5.41, 5.74) is 3.00. The quantitative estimate of drug-likeness (QED) is 0.473. The SMILES string of the molecule is Clc1sc(C(Br)C2CCCc3ccccc32)cc1Br. The number of hydrogen-bond acceptors (Lipinski definition) is 1. The summed E-state index contributed by atoms with van der Waals surface area (Å²) >= 11 is 15.2. The van der Waals surface area contributed by atoms with Gasteiger partial charge in [0.25, 0.3) is 0 Å². The van der Waals surface area contributed by atoms with Gasteiger partial charge in [-0.25, -0.2) is 0 Å². The molecular formula is C15H13Br2ClS. The third-order valence-corrected chi connectivity index (χ3v) is 7.70. The molecule has 4 heteroatoms. The van der Waals surface area contributed by atoms with Gasteiger partial charge in [-0.3, -0.25) is 0 Å². The molecule has 0 spiro atoms. The van der Waals surface area contributed by atoms with Gasteiger partial charge in [-0.2, -0.15) is 0 Å². The number of rotatable bonds is 2. The van der Waals surface area contributed by atoms with Crippen molar-refractivity contribution in [3.63, 3.8) is 0 Å². The summed E-state index contributed by atoms with van der Waals surface area (Å²) in [6, 6.07) is 11.0. The molecule has 0 aliphatic heterocycles. The highest BCUT2D eigenvalue weighted by molar-refractivity contribution is 9.10. The number of thiophene rings is 1. The Morgan fingerprint density at radius 3 is 2.84 bits per heavy atom. The van der Waals surface area contributed by atoms with E-state index < -0.39 is 0 Å². The van der Waals surface area contributed by atoms with E-state index >= 15 is 0 Å². The molecule has 2 atom stereocenters. The average Bonchev–Trinajstić information content (AvgIpc) is 2.77. The Balaban J connectivity index is 1.95. The molecule has 0 saturated carbocycles. The van der Waals surface area contributed by atoms with Crippen molar-refractivity contribution in [3.8, 4) is 0 Å². The van der Waals surface area contributed by atoms with Crippen LogP contribution in [0.25, 0.3) is 0 Å². The van der Waals surface area contributed by atoms with Crippen molar-refractivity contribution in [2.45, 2.75) is 30.0 Å². The zero-order valence-corrected chi connectivity index (χ0v) is 14.9. The predicted octanol–water partition coefficient (Wildman–Crippen LogP) is 6.72. The molecule has 19 heavy (non-hydrogen) atoms. The third kappa shape index (κ3) is 2.80. The fraction of sp³-hybridized carbons (Fsp3) is 0.333. The number of fused-ring (bicyclic) bond motifs is 1. The van der Waals surface area contributed by atoms with Gasteiger partial charge < -0.3 is 0 Å². The normalized spacial score (nSPS) is 20.1. The van der Waals surface area contributed by atoms with Gasteiger partial charge in [0.15, 0.2) is 0 Å². The van der Waals surface area contributed by atoms with E-state index in [4.69, 9.17) is 11.6 Å². The fourth-order valence-corrected chi connectivity index (χ4v) is 5.53. The third-order valence-electron chi connectivity index (χ3n) is 3.71. The molecule has 1 heterocycles. The molecule has 2 aromatic rings. The van der Waals surface area contributed by atoms with E-state index in [1.165, 1.54) is 35.3 Å². The maximum atomic E-state index is 6.16. The monoisotopic (exact) mass is 418 g/mol. The molecule has 1 aromatic carbocycles. The lowest BCUT2D eigenvalue weighted by Gasteiger charge is -2.28. The van der Waals surface area contributed by atoms with Crippen LogP contribution in [0.4, 0.5) is 0 Å². The average molecular weight is 421 g/mol. The summed E-state index contributed by atoms with van der Waals surface area (Å²) in [4.78, 5) is 1.65. The van der Waals surface area contributed by atoms with Gasteiger partial charge in [-0.15, -0.1) is 11.3 Å². The summed E-state index contributed by atoms with van der Waals surface area (Å²) in [7, 11) is 0. The number of aryl methyl sites for hydroxylation is 1. The zero-order valence-electron chi connectivity index (χ0n) is 10.2. The molecule has 0 nitrogen and oxygen atoms in total. The van der Waals surface area contributed by atoms with Crippen LogP contribution in [0.5, 0.6) is 0 Å². The Morgan fingerprint density at radius 1 is 1.32 bits per heavy atom. The van der Waals surface area contributed by atoms with E-state index in [-0.39, 0.29) is 0 Å². The van der Waals surface area contributed by atoms with Crippen LogP contribution in [-0.2, 0) is 6.42 Å². The van der Waals surface area contributed by atoms with Crippen LogP contribution in [0.15, 0.2) is 34.8 Å². The molecule has 1 aromatic heterocycles. The zero-order chi connectivity index (χ0) is 13.4. The minimum atomic E-state index is 0.350. The van der Waals surface area contributed by atoms with Gasteiger partial charge in [-0.1, -0.05) is 51.8 Å². The molecule has 1 aliphatic rings. The van der Waals surface area contributed by atoms with Gasteiger partial charge in [-0.05, 0) is 52.4 Å². The molecular weight excluding hydrogens is 407 g/mol. The Hall–Kier alpha value is 0.170. The summed E-state index contributed by atoms with van der Waals surface area (Å²) < 4.78 is 1.84. The van der Waals surface area contributed by atoms with Crippen molar-refractivity contribution in [2.75, 3.05) is 0 Å². The van der Waals surface area contributed by atoms with E-state index in [2.05, 4.69) is 62.2 Å². The number of hydrogen-bond donors (Lipinski definition) is 0. The van der Waals surface area contributed by atoms with Crippen LogP contribution in [0.3, 0.4) is 0 Å². The summed E-state index contributed by atoms with van der Waals surface area (Å²) in [6.45, 7) is 0. The Labute approximate surface area is 139 Å². The lowest BCUT2D eigenvalue weighted by atomic mass is 9.81. The second-order valence-corrected chi connectivity index (χ2v) is 8.40. The van der Waals surface area contributed by atoms with Gasteiger partial charge in [0, 0.05) is 15.3 Å². The molecule has 0 amide bonds. The van der Waals surface area contributed by atoms with E-state index in [9.17, 15) is 0 Å². The fourth-order valence-electron chi connectivity index (χ4n) is 2.79. The van der Waals surface area contributed by atoms with Crippen molar-refractivity contribution in [1.29, 1.82) is 0 Å². The van der Waals surface area contributed by atoms with Crippen LogP contribution < -0.4 is 0 Å². The van der Waals surface area contributed by atoms with Crippen LogP contribution in [0.2, 0.25) is 4.34 Å².